The van der Waals surface area contributed by atoms with E-state index in [2.05, 4.69) is 0 Å². The lowest BCUT2D eigenvalue weighted by molar-refractivity contribution is 0.435. The Morgan fingerprint density at radius 3 is 2.84 bits per heavy atom. The fraction of sp³-hybridized carbons (Fsp3) is 0.500. The van der Waals surface area contributed by atoms with Gasteiger partial charge < -0.3 is 5.73 Å². The summed E-state index contributed by atoms with van der Waals surface area (Å²) in [6.07, 6.45) is 0.873. The van der Waals surface area contributed by atoms with Crippen LogP contribution in [0.3, 0.4) is 0 Å². The molecule has 0 aromatic heterocycles. The third kappa shape index (κ3) is 3.44. The van der Waals surface area contributed by atoms with E-state index in [0.29, 0.717) is 19.6 Å². The first kappa shape index (κ1) is 15.1. The van der Waals surface area contributed by atoms with E-state index in [9.17, 15) is 8.42 Å². The zero-order chi connectivity index (χ0) is 13.9. The van der Waals surface area contributed by atoms with Crippen LogP contribution in [0.2, 0.25) is 5.02 Å². The number of hydrogen-bond donors (Lipinski definition) is 1. The van der Waals surface area contributed by atoms with Gasteiger partial charge in [-0.05, 0) is 29.9 Å². The van der Waals surface area contributed by atoms with Crippen LogP contribution in [0.1, 0.15) is 12.0 Å². The van der Waals surface area contributed by atoms with Crippen molar-refractivity contribution >= 4 is 33.4 Å². The molecule has 0 amide bonds. The summed E-state index contributed by atoms with van der Waals surface area (Å²) < 4.78 is 26.8. The first-order valence-corrected chi connectivity index (χ1v) is 9.09. The molecule has 19 heavy (non-hydrogen) atoms. The highest BCUT2D eigenvalue weighted by atomic mass is 35.5. The van der Waals surface area contributed by atoms with Gasteiger partial charge in [-0.25, -0.2) is 8.42 Å². The minimum Gasteiger partial charge on any atom is -0.326 e. The Balaban J connectivity index is 2.37. The molecule has 0 radical (unpaired) electrons. The van der Waals surface area contributed by atoms with Gasteiger partial charge in [-0.3, -0.25) is 0 Å². The minimum absolute atomic E-state index is 0.170. The van der Waals surface area contributed by atoms with Crippen LogP contribution in [-0.2, 0) is 16.6 Å². The number of benzene rings is 1. The Morgan fingerprint density at radius 1 is 1.32 bits per heavy atom. The molecule has 1 heterocycles. The Bertz CT molecular complexity index is 541. The van der Waals surface area contributed by atoms with Crippen LogP contribution in [0.5, 0.6) is 0 Å². The molecule has 1 aromatic carbocycles. The van der Waals surface area contributed by atoms with E-state index in [0.717, 1.165) is 23.5 Å². The van der Waals surface area contributed by atoms with Crippen LogP contribution in [0.25, 0.3) is 0 Å². The smallest absolute Gasteiger partial charge is 0.244 e. The van der Waals surface area contributed by atoms with E-state index in [1.807, 2.05) is 0 Å². The zero-order valence-corrected chi connectivity index (χ0v) is 12.9. The van der Waals surface area contributed by atoms with Crippen LogP contribution in [-0.4, -0.2) is 37.3 Å². The summed E-state index contributed by atoms with van der Waals surface area (Å²) in [6.45, 7) is 1.39. The average molecular weight is 321 g/mol. The van der Waals surface area contributed by atoms with Gasteiger partial charge in [-0.2, -0.15) is 16.1 Å². The van der Waals surface area contributed by atoms with Gasteiger partial charge in [0.1, 0.15) is 4.90 Å². The summed E-state index contributed by atoms with van der Waals surface area (Å²) in [4.78, 5) is 0.170. The largest absolute Gasteiger partial charge is 0.326 e. The Morgan fingerprint density at radius 2 is 2.11 bits per heavy atom. The molecule has 1 aliphatic rings. The highest BCUT2D eigenvalue weighted by Gasteiger charge is 2.27. The number of rotatable bonds is 3. The van der Waals surface area contributed by atoms with E-state index in [1.165, 1.54) is 4.31 Å². The highest BCUT2D eigenvalue weighted by molar-refractivity contribution is 7.99. The molecule has 0 spiro atoms. The van der Waals surface area contributed by atoms with Crippen molar-refractivity contribution in [1.29, 1.82) is 0 Å². The van der Waals surface area contributed by atoms with Crippen molar-refractivity contribution in [3.8, 4) is 0 Å². The predicted octanol–water partition coefficient (Wildman–Crippen LogP) is 1.93. The Hall–Kier alpha value is -0.270. The molecule has 0 bridgehead atoms. The lowest BCUT2D eigenvalue weighted by Gasteiger charge is -2.20. The maximum Gasteiger partial charge on any atom is 0.244 e. The van der Waals surface area contributed by atoms with E-state index in [4.69, 9.17) is 17.3 Å². The van der Waals surface area contributed by atoms with Gasteiger partial charge in [0, 0.05) is 25.4 Å². The van der Waals surface area contributed by atoms with Gasteiger partial charge in [0.05, 0.1) is 5.02 Å². The third-order valence-electron chi connectivity index (χ3n) is 3.03. The van der Waals surface area contributed by atoms with Gasteiger partial charge in [0.2, 0.25) is 10.0 Å². The van der Waals surface area contributed by atoms with E-state index < -0.39 is 10.0 Å². The predicted molar refractivity (Wildman–Crippen MR) is 80.0 cm³/mol. The molecule has 2 N–H and O–H groups in total. The molecule has 1 fully saturated rings. The number of thioether (sulfide) groups is 1. The fourth-order valence-corrected chi connectivity index (χ4v) is 4.98. The summed E-state index contributed by atoms with van der Waals surface area (Å²) in [6, 6.07) is 4.93. The molecule has 1 aliphatic heterocycles. The standard InChI is InChI=1S/C12H17ClN2O2S2/c13-11-3-2-10(9-14)8-12(11)19(16,17)15-4-1-6-18-7-5-15/h2-3,8H,1,4-7,9,14H2. The topological polar surface area (TPSA) is 63.4 Å². The van der Waals surface area contributed by atoms with Crippen molar-refractivity contribution < 1.29 is 8.42 Å². The van der Waals surface area contributed by atoms with Crippen molar-refractivity contribution in [1.82, 2.24) is 4.31 Å². The number of sulfonamides is 1. The molecule has 0 unspecified atom stereocenters. The van der Waals surface area contributed by atoms with Crippen molar-refractivity contribution in [2.45, 2.75) is 17.9 Å². The Labute approximate surface area is 123 Å². The van der Waals surface area contributed by atoms with E-state index in [-0.39, 0.29) is 9.92 Å². The van der Waals surface area contributed by atoms with Gasteiger partial charge in [0.15, 0.2) is 0 Å². The van der Waals surface area contributed by atoms with Crippen LogP contribution >= 0.6 is 23.4 Å². The molecule has 0 atom stereocenters. The molecule has 1 aromatic rings. The van der Waals surface area contributed by atoms with Gasteiger partial charge in [-0.1, -0.05) is 17.7 Å². The first-order chi connectivity index (χ1) is 9.05. The van der Waals surface area contributed by atoms with Gasteiger partial charge >= 0.3 is 0 Å². The molecule has 0 saturated carbocycles. The number of nitrogens with two attached hydrogens (primary N) is 1. The molecule has 7 heteroatoms. The van der Waals surface area contributed by atoms with Gasteiger partial charge in [-0.15, -0.1) is 0 Å². The fourth-order valence-electron chi connectivity index (χ4n) is 1.98. The molecular weight excluding hydrogens is 304 g/mol. The highest BCUT2D eigenvalue weighted by Crippen LogP contribution is 2.27. The monoisotopic (exact) mass is 320 g/mol. The van der Waals surface area contributed by atoms with Crippen molar-refractivity contribution in [2.75, 3.05) is 24.6 Å². The maximum absolute atomic E-state index is 12.6. The second-order valence-corrected chi connectivity index (χ2v) is 7.88. The minimum atomic E-state index is -3.52. The lowest BCUT2D eigenvalue weighted by Crippen LogP contribution is -2.33. The zero-order valence-electron chi connectivity index (χ0n) is 10.5. The lowest BCUT2D eigenvalue weighted by atomic mass is 10.2. The van der Waals surface area contributed by atoms with Crippen molar-refractivity contribution in [2.24, 2.45) is 5.73 Å². The van der Waals surface area contributed by atoms with E-state index >= 15 is 0 Å². The summed E-state index contributed by atoms with van der Waals surface area (Å²) in [5.41, 5.74) is 6.33. The van der Waals surface area contributed by atoms with Gasteiger partial charge in [0.25, 0.3) is 0 Å². The molecular formula is C12H17ClN2O2S2. The summed E-state index contributed by atoms with van der Waals surface area (Å²) in [5.74, 6) is 1.83. The van der Waals surface area contributed by atoms with Crippen molar-refractivity contribution in [3.05, 3.63) is 28.8 Å². The van der Waals surface area contributed by atoms with E-state index in [1.54, 1.807) is 30.0 Å². The number of hydrogen-bond acceptors (Lipinski definition) is 4. The SMILES string of the molecule is NCc1ccc(Cl)c(S(=O)(=O)N2CCCSCC2)c1. The third-order valence-corrected chi connectivity index (χ3v) is 6.46. The normalized spacial score (nSPS) is 18.2. The van der Waals surface area contributed by atoms with Crippen LogP contribution in [0, 0.1) is 0 Å². The summed E-state index contributed by atoms with van der Waals surface area (Å²) >= 11 is 7.83. The maximum atomic E-state index is 12.6. The molecule has 106 valence electrons. The van der Waals surface area contributed by atoms with Crippen molar-refractivity contribution in [3.63, 3.8) is 0 Å². The summed E-state index contributed by atoms with van der Waals surface area (Å²) in [7, 11) is -3.52. The summed E-state index contributed by atoms with van der Waals surface area (Å²) in [5, 5.41) is 0.258. The van der Waals surface area contributed by atoms with Crippen LogP contribution in [0.15, 0.2) is 23.1 Å². The second-order valence-electron chi connectivity index (χ2n) is 4.34. The quantitative estimate of drug-likeness (QED) is 0.924. The second kappa shape index (κ2) is 6.45. The molecule has 4 nitrogen and oxygen atoms in total. The van der Waals surface area contributed by atoms with Crippen LogP contribution in [0.4, 0.5) is 0 Å². The van der Waals surface area contributed by atoms with Crippen LogP contribution < -0.4 is 5.73 Å². The number of nitrogens with zero attached hydrogens (tertiary/aromatic N) is 1. The molecule has 2 rings (SSSR count). The number of halogens is 1. The molecule has 0 aliphatic carbocycles. The molecule has 1 saturated heterocycles. The Kier molecular flexibility index (Phi) is 5.14. The first-order valence-electron chi connectivity index (χ1n) is 6.12. The average Bonchev–Trinajstić information content (AvgIpc) is 2.68.